The molecule has 2 heterocycles. The third-order valence-electron chi connectivity index (χ3n) is 5.56. The molecule has 0 aromatic rings. The summed E-state index contributed by atoms with van der Waals surface area (Å²) in [6.07, 6.45) is -2.89. The summed E-state index contributed by atoms with van der Waals surface area (Å²) in [5.41, 5.74) is 0. The molecule has 2 fully saturated rings. The zero-order chi connectivity index (χ0) is 22.3. The van der Waals surface area contributed by atoms with Crippen molar-refractivity contribution in [2.24, 2.45) is 0 Å². The molecule has 7 atom stereocenters. The number of hydrogen-bond acceptors (Lipinski definition) is 9. The first-order valence-electron chi connectivity index (χ1n) is 10.3. The van der Waals surface area contributed by atoms with Crippen LogP contribution in [0.3, 0.4) is 0 Å². The Balaban J connectivity index is 0.00000480. The van der Waals surface area contributed by atoms with Crippen molar-refractivity contribution in [2.75, 3.05) is 33.5 Å². The predicted molar refractivity (Wildman–Crippen MR) is 103 cm³/mol. The number of carbonyl (C=O) groups excluding carboxylic acids is 2. The first-order chi connectivity index (χ1) is 14.3. The summed E-state index contributed by atoms with van der Waals surface area (Å²) in [5.74, 6) is -0.479. The molecule has 1 radical (unpaired) electrons. The first kappa shape index (κ1) is 28.8. The molecule has 2 amide bonds. The van der Waals surface area contributed by atoms with E-state index in [-0.39, 0.29) is 70.4 Å². The van der Waals surface area contributed by atoms with Crippen LogP contribution in [0.5, 0.6) is 0 Å². The third-order valence-corrected chi connectivity index (χ3v) is 5.56. The number of unbranched alkanes of at least 4 members (excludes halogenated alkanes) is 1. The smallest absolute Gasteiger partial charge is 0.222 e. The zero-order valence-corrected chi connectivity index (χ0v) is 20.9. The Labute approximate surface area is 207 Å². The molecule has 0 aromatic carbocycles. The molecule has 11 nitrogen and oxygen atoms in total. The van der Waals surface area contributed by atoms with Gasteiger partial charge in [0.15, 0.2) is 6.29 Å². The van der Waals surface area contributed by atoms with Gasteiger partial charge < -0.3 is 44.9 Å². The molecular weight excluding hydrogens is 489 g/mol. The minimum absolute atomic E-state index is 0. The average molecular weight is 523 g/mol. The second-order valence-electron chi connectivity index (χ2n) is 7.74. The van der Waals surface area contributed by atoms with Crippen LogP contribution in [0.15, 0.2) is 0 Å². The molecule has 31 heavy (non-hydrogen) atoms. The van der Waals surface area contributed by atoms with E-state index in [0.29, 0.717) is 25.8 Å². The van der Waals surface area contributed by atoms with Gasteiger partial charge >= 0.3 is 0 Å². The van der Waals surface area contributed by atoms with Crippen LogP contribution < -0.4 is 5.32 Å². The fraction of sp³-hybridized carbons (Fsp3) is 0.895. The first-order valence-corrected chi connectivity index (χ1v) is 10.3. The van der Waals surface area contributed by atoms with Gasteiger partial charge in [-0.05, 0) is 19.3 Å². The second-order valence-corrected chi connectivity index (χ2v) is 7.74. The summed E-state index contributed by atoms with van der Waals surface area (Å²) in [5, 5.41) is 41.5. The van der Waals surface area contributed by atoms with E-state index >= 15 is 0 Å². The molecule has 2 aliphatic heterocycles. The molecule has 5 N–H and O–H groups in total. The van der Waals surface area contributed by atoms with Gasteiger partial charge in [0.1, 0.15) is 24.4 Å². The van der Waals surface area contributed by atoms with E-state index in [0.717, 1.165) is 0 Å². The van der Waals surface area contributed by atoms with Crippen molar-refractivity contribution < 1.29 is 76.9 Å². The maximum absolute atomic E-state index is 12.4. The number of nitrogens with one attached hydrogen (secondary N) is 1. The quantitative estimate of drug-likeness (QED) is 0.199. The molecule has 2 rings (SSSR count). The van der Waals surface area contributed by atoms with Crippen molar-refractivity contribution in [1.82, 2.24) is 10.2 Å². The van der Waals surface area contributed by atoms with Crippen molar-refractivity contribution in [3.8, 4) is 0 Å². The number of likely N-dealkylation sites (tertiary alicyclic amines) is 1. The second kappa shape index (κ2) is 14.1. The molecule has 0 aliphatic carbocycles. The SMILES string of the molecule is CO[C@@H]1C[C@@H](CO)N(C(=O)CCCCOC2OC(CO)C(O)C(O)C2NC(C)=O)C1.[Y]. The number of rotatable bonds is 10. The van der Waals surface area contributed by atoms with Gasteiger partial charge in [-0.15, -0.1) is 0 Å². The van der Waals surface area contributed by atoms with Gasteiger partial charge in [-0.1, -0.05) is 0 Å². The third kappa shape index (κ3) is 7.94. The Hall–Kier alpha value is -0.236. The maximum Gasteiger partial charge on any atom is 0.222 e. The minimum Gasteiger partial charge on any atom is -0.394 e. The summed E-state index contributed by atoms with van der Waals surface area (Å²) in [7, 11) is 1.59. The molecule has 0 aromatic heterocycles. The summed E-state index contributed by atoms with van der Waals surface area (Å²) in [6, 6.07) is -1.21. The number of hydrogen-bond donors (Lipinski definition) is 5. The Kier molecular flexibility index (Phi) is 13.1. The van der Waals surface area contributed by atoms with E-state index in [2.05, 4.69) is 5.32 Å². The van der Waals surface area contributed by atoms with Gasteiger partial charge in [0.25, 0.3) is 0 Å². The van der Waals surface area contributed by atoms with E-state index in [1.165, 1.54) is 6.92 Å². The molecule has 0 bridgehead atoms. The van der Waals surface area contributed by atoms with Gasteiger partial charge in [-0.3, -0.25) is 9.59 Å². The van der Waals surface area contributed by atoms with Crippen LogP contribution in [0.2, 0.25) is 0 Å². The molecule has 2 saturated heterocycles. The minimum atomic E-state index is -1.36. The summed E-state index contributed by atoms with van der Waals surface area (Å²) in [6.45, 7) is 1.32. The number of methoxy groups -OCH3 is 1. The normalized spacial score (nSPS) is 33.1. The van der Waals surface area contributed by atoms with E-state index < -0.39 is 43.2 Å². The molecule has 177 valence electrons. The van der Waals surface area contributed by atoms with E-state index in [9.17, 15) is 30.0 Å². The summed E-state index contributed by atoms with van der Waals surface area (Å²) >= 11 is 0. The van der Waals surface area contributed by atoms with Crippen LogP contribution in [0.1, 0.15) is 32.6 Å². The van der Waals surface area contributed by atoms with Crippen molar-refractivity contribution in [1.29, 1.82) is 0 Å². The van der Waals surface area contributed by atoms with Crippen molar-refractivity contribution in [3.63, 3.8) is 0 Å². The molecular formula is C19H34N2O9Y. The number of amides is 2. The average Bonchev–Trinajstić information content (AvgIpc) is 3.16. The van der Waals surface area contributed by atoms with Crippen LogP contribution in [0, 0.1) is 0 Å². The molecule has 5 unspecified atom stereocenters. The fourth-order valence-corrected chi connectivity index (χ4v) is 3.86. The van der Waals surface area contributed by atoms with E-state index in [1.807, 2.05) is 0 Å². The van der Waals surface area contributed by atoms with Crippen LogP contribution in [-0.2, 0) is 56.5 Å². The standard InChI is InChI=1S/C19H34N2O9.Y/c1-11(24)20-16-18(27)17(26)14(10-23)30-19(16)29-6-4-3-5-15(25)21-8-13(28-2)7-12(21)9-22;/h12-14,16-19,22-23,26-27H,3-10H2,1-2H3,(H,20,24);/t12-,13+,14?,16?,17?,18?,19?;/m0./s1. The van der Waals surface area contributed by atoms with Crippen LogP contribution in [0.4, 0.5) is 0 Å². The topological polar surface area (TPSA) is 158 Å². The van der Waals surface area contributed by atoms with Crippen LogP contribution >= 0.6 is 0 Å². The molecule has 12 heteroatoms. The molecule has 0 saturated carbocycles. The van der Waals surface area contributed by atoms with Crippen LogP contribution in [0.25, 0.3) is 0 Å². The maximum atomic E-state index is 12.4. The molecule has 2 aliphatic rings. The van der Waals surface area contributed by atoms with Crippen molar-refractivity contribution in [3.05, 3.63) is 0 Å². The monoisotopic (exact) mass is 523 g/mol. The van der Waals surface area contributed by atoms with Crippen molar-refractivity contribution >= 4 is 11.8 Å². The Bertz CT molecular complexity index is 570. The zero-order valence-electron chi connectivity index (χ0n) is 18.1. The number of nitrogens with zero attached hydrogens (tertiary/aromatic N) is 1. The fourth-order valence-electron chi connectivity index (χ4n) is 3.86. The van der Waals surface area contributed by atoms with Gasteiger partial charge in [0.2, 0.25) is 11.8 Å². The van der Waals surface area contributed by atoms with Gasteiger partial charge in [0.05, 0.1) is 25.4 Å². The Morgan fingerprint density at radius 1 is 1.16 bits per heavy atom. The van der Waals surface area contributed by atoms with E-state index in [4.69, 9.17) is 14.2 Å². The number of aliphatic hydroxyl groups excluding tert-OH is 4. The largest absolute Gasteiger partial charge is 0.394 e. The van der Waals surface area contributed by atoms with Gasteiger partial charge in [-0.2, -0.15) is 0 Å². The summed E-state index contributed by atoms with van der Waals surface area (Å²) < 4.78 is 16.4. The van der Waals surface area contributed by atoms with Crippen molar-refractivity contribution in [2.45, 2.75) is 75.4 Å². The predicted octanol–water partition coefficient (Wildman–Crippen LogP) is -2.28. The van der Waals surface area contributed by atoms with Crippen LogP contribution in [-0.4, -0.2) is 113 Å². The van der Waals surface area contributed by atoms with Gasteiger partial charge in [0, 0.05) is 66.3 Å². The number of carbonyl (C=O) groups is 2. The van der Waals surface area contributed by atoms with E-state index in [1.54, 1.807) is 12.0 Å². The van der Waals surface area contributed by atoms with Gasteiger partial charge in [-0.25, -0.2) is 0 Å². The number of ether oxygens (including phenoxy) is 3. The molecule has 0 spiro atoms. The Morgan fingerprint density at radius 2 is 1.87 bits per heavy atom. The summed E-state index contributed by atoms with van der Waals surface area (Å²) in [4.78, 5) is 25.5. The number of aliphatic hydroxyl groups is 4. The Morgan fingerprint density at radius 3 is 2.45 bits per heavy atom.